The van der Waals surface area contributed by atoms with E-state index >= 15 is 0 Å². The van der Waals surface area contributed by atoms with Crippen LogP contribution >= 0.6 is 11.3 Å². The summed E-state index contributed by atoms with van der Waals surface area (Å²) in [5, 5.41) is 4.97. The van der Waals surface area contributed by atoms with Gasteiger partial charge >= 0.3 is 0 Å². The normalized spacial score (nSPS) is 12.3. The first kappa shape index (κ1) is 11.0. The van der Waals surface area contributed by atoms with Crippen LogP contribution in [0.15, 0.2) is 40.5 Å². The van der Waals surface area contributed by atoms with Crippen molar-refractivity contribution in [2.24, 2.45) is 0 Å². The van der Waals surface area contributed by atoms with Gasteiger partial charge in [0.25, 0.3) is 5.91 Å². The number of carbonyl (C=O) groups excluding carboxylic acids is 1. The first-order valence-electron chi connectivity index (χ1n) is 5.11. The van der Waals surface area contributed by atoms with Crippen LogP contribution in [0.5, 0.6) is 0 Å². The predicted molar refractivity (Wildman–Crippen MR) is 63.7 cm³/mol. The lowest BCUT2D eigenvalue weighted by Gasteiger charge is -2.11. The van der Waals surface area contributed by atoms with Crippen molar-refractivity contribution < 1.29 is 9.21 Å². The molecule has 4 heteroatoms. The van der Waals surface area contributed by atoms with E-state index in [1.807, 2.05) is 18.4 Å². The maximum Gasteiger partial charge on any atom is 0.254 e. The molecule has 0 fully saturated rings. The van der Waals surface area contributed by atoms with Gasteiger partial charge in [0, 0.05) is 17.3 Å². The highest BCUT2D eigenvalue weighted by Gasteiger charge is 2.11. The molecule has 2 aromatic rings. The standard InChI is InChI=1S/C12H13NO2S/c1-9(7-11-3-2-6-16-11)13-12(14)10-4-5-15-8-10/h2-6,8-9H,7H2,1H3,(H,13,14)/t9-/m1/s1. The molecule has 0 aromatic carbocycles. The van der Waals surface area contributed by atoms with Gasteiger partial charge in [-0.25, -0.2) is 0 Å². The molecule has 0 unspecified atom stereocenters. The predicted octanol–water partition coefficient (Wildman–Crippen LogP) is 2.70. The minimum absolute atomic E-state index is 0.0854. The molecule has 84 valence electrons. The maximum atomic E-state index is 11.7. The molecule has 0 spiro atoms. The Morgan fingerprint density at radius 1 is 1.56 bits per heavy atom. The average Bonchev–Trinajstić information content (AvgIpc) is 2.88. The van der Waals surface area contributed by atoms with Crippen LogP contribution in [-0.4, -0.2) is 11.9 Å². The lowest BCUT2D eigenvalue weighted by Crippen LogP contribution is -2.33. The zero-order valence-corrected chi connectivity index (χ0v) is 9.79. The van der Waals surface area contributed by atoms with Gasteiger partial charge in [0.15, 0.2) is 0 Å². The smallest absolute Gasteiger partial charge is 0.254 e. The molecule has 1 amide bonds. The molecular formula is C12H13NO2S. The van der Waals surface area contributed by atoms with E-state index in [1.54, 1.807) is 17.4 Å². The lowest BCUT2D eigenvalue weighted by atomic mass is 10.2. The Balaban J connectivity index is 1.88. The van der Waals surface area contributed by atoms with E-state index in [4.69, 9.17) is 4.42 Å². The fourth-order valence-corrected chi connectivity index (χ4v) is 2.32. The van der Waals surface area contributed by atoms with Crippen LogP contribution in [0, 0.1) is 0 Å². The highest BCUT2D eigenvalue weighted by atomic mass is 32.1. The molecule has 2 rings (SSSR count). The van der Waals surface area contributed by atoms with E-state index in [0.717, 1.165) is 6.42 Å². The molecule has 0 radical (unpaired) electrons. The number of carbonyl (C=O) groups is 1. The van der Waals surface area contributed by atoms with Crippen molar-refractivity contribution in [2.45, 2.75) is 19.4 Å². The van der Waals surface area contributed by atoms with Gasteiger partial charge in [-0.15, -0.1) is 11.3 Å². The summed E-state index contributed by atoms with van der Waals surface area (Å²) in [6.45, 7) is 2.00. The van der Waals surface area contributed by atoms with Gasteiger partial charge in [-0.1, -0.05) is 6.07 Å². The van der Waals surface area contributed by atoms with Crippen LogP contribution in [-0.2, 0) is 6.42 Å². The summed E-state index contributed by atoms with van der Waals surface area (Å²) < 4.78 is 4.86. The summed E-state index contributed by atoms with van der Waals surface area (Å²) in [5.41, 5.74) is 0.568. The summed E-state index contributed by atoms with van der Waals surface area (Å²) in [5.74, 6) is -0.0854. The molecule has 2 aromatic heterocycles. The van der Waals surface area contributed by atoms with E-state index in [-0.39, 0.29) is 11.9 Å². The number of nitrogens with one attached hydrogen (secondary N) is 1. The Hall–Kier alpha value is -1.55. The van der Waals surface area contributed by atoms with Crippen molar-refractivity contribution in [1.29, 1.82) is 0 Å². The second kappa shape index (κ2) is 4.99. The van der Waals surface area contributed by atoms with Gasteiger partial charge in [-0.2, -0.15) is 0 Å². The second-order valence-electron chi connectivity index (χ2n) is 3.67. The average molecular weight is 235 g/mol. The van der Waals surface area contributed by atoms with Crippen molar-refractivity contribution in [3.63, 3.8) is 0 Å². The van der Waals surface area contributed by atoms with Gasteiger partial charge in [0.2, 0.25) is 0 Å². The Morgan fingerprint density at radius 2 is 2.44 bits per heavy atom. The molecular weight excluding hydrogens is 222 g/mol. The highest BCUT2D eigenvalue weighted by molar-refractivity contribution is 7.09. The van der Waals surface area contributed by atoms with Gasteiger partial charge < -0.3 is 9.73 Å². The minimum Gasteiger partial charge on any atom is -0.472 e. The Kier molecular flexibility index (Phi) is 3.41. The summed E-state index contributed by atoms with van der Waals surface area (Å²) in [6.07, 6.45) is 3.81. The van der Waals surface area contributed by atoms with E-state index < -0.39 is 0 Å². The fourth-order valence-electron chi connectivity index (χ4n) is 1.48. The molecule has 3 nitrogen and oxygen atoms in total. The molecule has 1 atom stereocenters. The third-order valence-corrected chi connectivity index (χ3v) is 3.15. The summed E-state index contributed by atoms with van der Waals surface area (Å²) in [4.78, 5) is 13.0. The zero-order valence-electron chi connectivity index (χ0n) is 8.97. The van der Waals surface area contributed by atoms with Crippen molar-refractivity contribution in [2.75, 3.05) is 0 Å². The van der Waals surface area contributed by atoms with Crippen LogP contribution in [0.25, 0.3) is 0 Å². The lowest BCUT2D eigenvalue weighted by molar-refractivity contribution is 0.0939. The molecule has 16 heavy (non-hydrogen) atoms. The van der Waals surface area contributed by atoms with Crippen molar-refractivity contribution >= 4 is 17.2 Å². The number of rotatable bonds is 4. The fraction of sp³-hybridized carbons (Fsp3) is 0.250. The Bertz CT molecular complexity index is 434. The van der Waals surface area contributed by atoms with Crippen LogP contribution in [0.3, 0.4) is 0 Å². The van der Waals surface area contributed by atoms with E-state index in [9.17, 15) is 4.79 Å². The SMILES string of the molecule is C[C@H](Cc1cccs1)NC(=O)c1ccoc1. The van der Waals surface area contributed by atoms with Crippen molar-refractivity contribution in [3.8, 4) is 0 Å². The highest BCUT2D eigenvalue weighted by Crippen LogP contribution is 2.11. The summed E-state index contributed by atoms with van der Waals surface area (Å²) in [7, 11) is 0. The second-order valence-corrected chi connectivity index (χ2v) is 4.70. The van der Waals surface area contributed by atoms with Crippen molar-refractivity contribution in [1.82, 2.24) is 5.32 Å². The van der Waals surface area contributed by atoms with Crippen molar-refractivity contribution in [3.05, 3.63) is 46.5 Å². The van der Waals surface area contributed by atoms with Gasteiger partial charge in [0.1, 0.15) is 6.26 Å². The first-order chi connectivity index (χ1) is 7.75. The molecule has 0 aliphatic rings. The summed E-state index contributed by atoms with van der Waals surface area (Å²) >= 11 is 1.71. The largest absolute Gasteiger partial charge is 0.472 e. The van der Waals surface area contributed by atoms with Crippen LogP contribution in [0.2, 0.25) is 0 Å². The summed E-state index contributed by atoms with van der Waals surface area (Å²) in [6, 6.07) is 5.88. The molecule has 0 saturated carbocycles. The van der Waals surface area contributed by atoms with E-state index in [0.29, 0.717) is 5.56 Å². The Morgan fingerprint density at radius 3 is 3.06 bits per heavy atom. The number of thiophene rings is 1. The van der Waals surface area contributed by atoms with E-state index in [2.05, 4.69) is 11.4 Å². The maximum absolute atomic E-state index is 11.7. The minimum atomic E-state index is -0.0854. The third kappa shape index (κ3) is 2.73. The van der Waals surface area contributed by atoms with Crippen LogP contribution in [0.1, 0.15) is 22.2 Å². The van der Waals surface area contributed by atoms with Gasteiger partial charge in [0.05, 0.1) is 11.8 Å². The first-order valence-corrected chi connectivity index (χ1v) is 5.99. The van der Waals surface area contributed by atoms with Crippen LogP contribution in [0.4, 0.5) is 0 Å². The van der Waals surface area contributed by atoms with E-state index in [1.165, 1.54) is 17.4 Å². The topological polar surface area (TPSA) is 42.2 Å². The molecule has 2 heterocycles. The molecule has 1 N–H and O–H groups in total. The monoisotopic (exact) mass is 235 g/mol. The number of amides is 1. The number of hydrogen-bond acceptors (Lipinski definition) is 3. The molecule has 0 saturated heterocycles. The number of furan rings is 1. The molecule has 0 bridgehead atoms. The van der Waals surface area contributed by atoms with Gasteiger partial charge in [-0.3, -0.25) is 4.79 Å². The molecule has 0 aliphatic heterocycles. The number of hydrogen-bond donors (Lipinski definition) is 1. The van der Waals surface area contributed by atoms with Gasteiger partial charge in [-0.05, 0) is 24.4 Å². The molecule has 0 aliphatic carbocycles. The quantitative estimate of drug-likeness (QED) is 0.885. The Labute approximate surface area is 98.1 Å². The third-order valence-electron chi connectivity index (χ3n) is 2.25. The van der Waals surface area contributed by atoms with Crippen LogP contribution < -0.4 is 5.32 Å². The zero-order chi connectivity index (χ0) is 11.4.